The highest BCUT2D eigenvalue weighted by atomic mass is 19.1. The van der Waals surface area contributed by atoms with Gasteiger partial charge >= 0.3 is 0 Å². The molecule has 0 saturated carbocycles. The Hall–Kier alpha value is -5.50. The van der Waals surface area contributed by atoms with Crippen molar-refractivity contribution >= 4 is 43.6 Å². The highest BCUT2D eigenvalue weighted by Gasteiger charge is 2.15. The van der Waals surface area contributed by atoms with E-state index in [-0.39, 0.29) is 22.5 Å². The topological polar surface area (TPSA) is 84.2 Å². The van der Waals surface area contributed by atoms with E-state index in [2.05, 4.69) is 9.97 Å². The van der Waals surface area contributed by atoms with E-state index in [1.165, 1.54) is 48.5 Å². The maximum atomic E-state index is 13.6. The Morgan fingerprint density at radius 2 is 0.900 bits per heavy atom. The van der Waals surface area contributed by atoms with E-state index < -0.39 is 0 Å². The van der Waals surface area contributed by atoms with Gasteiger partial charge in [-0.15, -0.1) is 0 Å². The number of aromatic nitrogens is 2. The number of hydrogen-bond donors (Lipinski definition) is 2. The fourth-order valence-corrected chi connectivity index (χ4v) is 4.87. The third-order valence-corrected chi connectivity index (χ3v) is 6.79. The van der Waals surface area contributed by atoms with Crippen molar-refractivity contribution in [1.29, 1.82) is 0 Å². The molecule has 194 valence electrons. The molecule has 0 bridgehead atoms. The summed E-state index contributed by atoms with van der Waals surface area (Å²) in [5.74, 6) is 0.827. The number of pyridine rings is 2. The van der Waals surface area contributed by atoms with Gasteiger partial charge in [-0.2, -0.15) is 0 Å². The molecule has 6 nitrogen and oxygen atoms in total. The van der Waals surface area contributed by atoms with Crippen molar-refractivity contribution < 1.29 is 18.3 Å². The predicted octanol–water partition coefficient (Wildman–Crippen LogP) is 7.54. The molecule has 2 aromatic heterocycles. The second-order valence-electron chi connectivity index (χ2n) is 9.32. The summed E-state index contributed by atoms with van der Waals surface area (Å²) in [5, 5.41) is 1.56. The number of para-hydroxylation sites is 2. The van der Waals surface area contributed by atoms with Crippen molar-refractivity contribution in [1.82, 2.24) is 9.97 Å². The molecule has 0 unspecified atom stereocenters. The summed E-state index contributed by atoms with van der Waals surface area (Å²) in [7, 11) is 0. The monoisotopic (exact) mass is 532 g/mol. The molecule has 5 aromatic carbocycles. The van der Waals surface area contributed by atoms with Gasteiger partial charge in [0.2, 0.25) is 0 Å². The molecule has 0 radical (unpaired) electrons. The van der Waals surface area contributed by atoms with Gasteiger partial charge < -0.3 is 19.4 Å². The van der Waals surface area contributed by atoms with E-state index in [1.54, 1.807) is 48.5 Å². The fraction of sp³-hybridized carbons (Fsp3) is 0. The number of aromatic amines is 2. The standard InChI is InChI=1S/C32H18F2N2O4/c33-17-7-11-19(12-8-17)39-27-5-1-3-21-29(27)35-25-16-24-26(15-23(25)31(21)37)36-30-22(32(24)38)4-2-6-28(30)40-20-13-9-18(34)10-14-20/h1-16H,(H,35,37)(H,36,38). The molecule has 0 aliphatic rings. The van der Waals surface area contributed by atoms with Gasteiger partial charge in [-0.3, -0.25) is 9.59 Å². The van der Waals surface area contributed by atoms with E-state index in [9.17, 15) is 18.4 Å². The lowest BCUT2D eigenvalue weighted by Gasteiger charge is -2.12. The molecule has 0 aliphatic heterocycles. The van der Waals surface area contributed by atoms with Crippen LogP contribution in [0.5, 0.6) is 23.0 Å². The Bertz CT molecular complexity index is 2060. The molecule has 7 aromatic rings. The van der Waals surface area contributed by atoms with E-state index in [0.29, 0.717) is 66.6 Å². The molecule has 0 fully saturated rings. The third-order valence-electron chi connectivity index (χ3n) is 6.79. The number of nitrogens with one attached hydrogen (secondary N) is 2. The third kappa shape index (κ3) is 3.94. The van der Waals surface area contributed by atoms with Gasteiger partial charge in [0.1, 0.15) is 23.1 Å². The summed E-state index contributed by atoms with van der Waals surface area (Å²) in [6.45, 7) is 0. The number of halogens is 2. The number of hydrogen-bond acceptors (Lipinski definition) is 4. The highest BCUT2D eigenvalue weighted by molar-refractivity contribution is 6.04. The molecule has 2 heterocycles. The van der Waals surface area contributed by atoms with E-state index >= 15 is 0 Å². The number of ether oxygens (including phenoxy) is 2. The van der Waals surface area contributed by atoms with E-state index in [4.69, 9.17) is 9.47 Å². The fourth-order valence-electron chi connectivity index (χ4n) is 4.87. The van der Waals surface area contributed by atoms with Crippen LogP contribution in [-0.4, -0.2) is 9.97 Å². The van der Waals surface area contributed by atoms with Crippen LogP contribution in [0.4, 0.5) is 8.78 Å². The van der Waals surface area contributed by atoms with Crippen LogP contribution in [0.15, 0.2) is 107 Å². The Morgan fingerprint density at radius 1 is 0.500 bits per heavy atom. The average Bonchev–Trinajstić information content (AvgIpc) is 2.96. The SMILES string of the molecule is O=c1c2cc3[nH]c4c(Oc5ccc(F)cc5)cccc4c(=O)c3cc2[nH]c2c(Oc3ccc(F)cc3)cccc12. The van der Waals surface area contributed by atoms with Crippen LogP contribution in [-0.2, 0) is 0 Å². The lowest BCUT2D eigenvalue weighted by Crippen LogP contribution is -2.09. The Morgan fingerprint density at radius 3 is 1.30 bits per heavy atom. The van der Waals surface area contributed by atoms with Gasteiger partial charge in [-0.25, -0.2) is 8.78 Å². The van der Waals surface area contributed by atoms with Gasteiger partial charge in [0.05, 0.1) is 22.1 Å². The quantitative estimate of drug-likeness (QED) is 0.230. The summed E-state index contributed by atoms with van der Waals surface area (Å²) in [5.41, 5.74) is 1.35. The van der Waals surface area contributed by atoms with Crippen LogP contribution in [0.3, 0.4) is 0 Å². The van der Waals surface area contributed by atoms with Crippen molar-refractivity contribution in [2.45, 2.75) is 0 Å². The zero-order valence-corrected chi connectivity index (χ0v) is 20.6. The smallest absolute Gasteiger partial charge is 0.197 e. The summed E-state index contributed by atoms with van der Waals surface area (Å²) in [6.07, 6.45) is 0. The van der Waals surface area contributed by atoms with Gasteiger partial charge in [0.15, 0.2) is 22.4 Å². The molecule has 7 rings (SSSR count). The van der Waals surface area contributed by atoms with Crippen LogP contribution in [0.2, 0.25) is 0 Å². The zero-order valence-electron chi connectivity index (χ0n) is 20.6. The first-order valence-corrected chi connectivity index (χ1v) is 12.4. The van der Waals surface area contributed by atoms with Crippen LogP contribution < -0.4 is 20.3 Å². The maximum Gasteiger partial charge on any atom is 0.197 e. The maximum absolute atomic E-state index is 13.6. The lowest BCUT2D eigenvalue weighted by atomic mass is 10.0. The van der Waals surface area contributed by atoms with Crippen molar-refractivity contribution in [3.05, 3.63) is 129 Å². The average molecular weight is 533 g/mol. The van der Waals surface area contributed by atoms with Crippen LogP contribution in [0.25, 0.3) is 43.6 Å². The van der Waals surface area contributed by atoms with Crippen molar-refractivity contribution in [2.24, 2.45) is 0 Å². The van der Waals surface area contributed by atoms with E-state index in [0.717, 1.165) is 0 Å². The van der Waals surface area contributed by atoms with Gasteiger partial charge in [-0.05, 0) is 84.9 Å². The van der Waals surface area contributed by atoms with Gasteiger partial charge in [0.25, 0.3) is 0 Å². The summed E-state index contributed by atoms with van der Waals surface area (Å²) >= 11 is 0. The molecular formula is C32H18F2N2O4. The number of benzene rings is 5. The second kappa shape index (κ2) is 9.06. The number of rotatable bonds is 4. The Balaban J connectivity index is 1.41. The minimum atomic E-state index is -0.386. The second-order valence-corrected chi connectivity index (χ2v) is 9.32. The molecular weight excluding hydrogens is 514 g/mol. The minimum absolute atomic E-state index is 0.244. The van der Waals surface area contributed by atoms with Crippen molar-refractivity contribution in [2.75, 3.05) is 0 Å². The first-order valence-electron chi connectivity index (χ1n) is 12.4. The summed E-state index contributed by atoms with van der Waals surface area (Å²) in [6, 6.07) is 24.6. The van der Waals surface area contributed by atoms with Gasteiger partial charge in [-0.1, -0.05) is 12.1 Å². The van der Waals surface area contributed by atoms with Crippen LogP contribution in [0.1, 0.15) is 0 Å². The zero-order chi connectivity index (χ0) is 27.4. The van der Waals surface area contributed by atoms with Gasteiger partial charge in [0, 0.05) is 21.5 Å². The molecule has 0 amide bonds. The van der Waals surface area contributed by atoms with Crippen LogP contribution >= 0.6 is 0 Å². The minimum Gasteiger partial charge on any atom is -0.455 e. The normalized spacial score (nSPS) is 11.4. The molecule has 2 N–H and O–H groups in total. The summed E-state index contributed by atoms with van der Waals surface area (Å²) in [4.78, 5) is 33.7. The van der Waals surface area contributed by atoms with E-state index in [1.807, 2.05) is 0 Å². The molecule has 0 atom stereocenters. The summed E-state index contributed by atoms with van der Waals surface area (Å²) < 4.78 is 38.6. The lowest BCUT2D eigenvalue weighted by molar-refractivity contribution is 0.485. The first-order chi connectivity index (χ1) is 19.4. The van der Waals surface area contributed by atoms with Crippen molar-refractivity contribution in [3.63, 3.8) is 0 Å². The Labute approximate surface area is 224 Å². The van der Waals surface area contributed by atoms with Crippen molar-refractivity contribution in [3.8, 4) is 23.0 Å². The number of H-pyrrole nitrogens is 2. The Kier molecular flexibility index (Phi) is 5.35. The molecule has 8 heteroatoms. The molecule has 0 spiro atoms. The largest absolute Gasteiger partial charge is 0.455 e. The molecule has 0 aliphatic carbocycles. The predicted molar refractivity (Wildman–Crippen MR) is 151 cm³/mol. The molecule has 40 heavy (non-hydrogen) atoms. The molecule has 0 saturated heterocycles. The first kappa shape index (κ1) is 23.6. The number of fused-ring (bicyclic) bond motifs is 4. The van der Waals surface area contributed by atoms with Crippen LogP contribution in [0, 0.1) is 11.6 Å². The highest BCUT2D eigenvalue weighted by Crippen LogP contribution is 2.32.